The minimum atomic E-state index is -0.250. The molecule has 33 heavy (non-hydrogen) atoms. The van der Waals surface area contributed by atoms with Crippen molar-refractivity contribution in [3.63, 3.8) is 0 Å². The Bertz CT molecular complexity index is 953. The SMILES string of the molecule is CC(=O)c1cccc(NC(=O)NCCCN2C[C@H]3CC[C@H]2[C@@H](Cc2ccc(F)cc2)C3)c1.Cl. The average molecular weight is 474 g/mol. The molecule has 1 saturated carbocycles. The topological polar surface area (TPSA) is 61.4 Å². The predicted octanol–water partition coefficient (Wildman–Crippen LogP) is 5.30. The summed E-state index contributed by atoms with van der Waals surface area (Å²) in [5.41, 5.74) is 2.42. The van der Waals surface area contributed by atoms with E-state index in [0.29, 0.717) is 29.8 Å². The average Bonchev–Trinajstić information content (AvgIpc) is 2.79. The number of Topliss-reactive ketones (excluding diaryl/α,β-unsaturated/α-hetero) is 1. The number of hydrogen-bond acceptors (Lipinski definition) is 3. The summed E-state index contributed by atoms with van der Waals surface area (Å²) < 4.78 is 13.2. The number of nitrogens with one attached hydrogen (secondary N) is 2. The third-order valence-corrected chi connectivity index (χ3v) is 6.86. The Morgan fingerprint density at radius 1 is 1.12 bits per heavy atom. The number of nitrogens with zero attached hydrogens (tertiary/aromatic N) is 1. The molecule has 1 aliphatic carbocycles. The highest BCUT2D eigenvalue weighted by Crippen LogP contribution is 2.40. The summed E-state index contributed by atoms with van der Waals surface area (Å²) in [4.78, 5) is 26.3. The van der Waals surface area contributed by atoms with Gasteiger partial charge in [-0.3, -0.25) is 9.69 Å². The van der Waals surface area contributed by atoms with Gasteiger partial charge in [0.25, 0.3) is 0 Å². The summed E-state index contributed by atoms with van der Waals surface area (Å²) in [6.07, 6.45) is 5.71. The van der Waals surface area contributed by atoms with Crippen LogP contribution in [0.2, 0.25) is 0 Å². The molecule has 2 bridgehead atoms. The number of rotatable bonds is 8. The van der Waals surface area contributed by atoms with Gasteiger partial charge in [0.2, 0.25) is 0 Å². The summed E-state index contributed by atoms with van der Waals surface area (Å²) in [6.45, 7) is 4.24. The van der Waals surface area contributed by atoms with Crippen molar-refractivity contribution < 1.29 is 14.0 Å². The number of benzene rings is 2. The molecule has 3 fully saturated rings. The van der Waals surface area contributed by atoms with E-state index in [2.05, 4.69) is 15.5 Å². The maximum atomic E-state index is 13.2. The fraction of sp³-hybridized carbons (Fsp3) is 0.462. The number of hydrogen-bond donors (Lipinski definition) is 2. The zero-order valence-electron chi connectivity index (χ0n) is 19.1. The van der Waals surface area contributed by atoms with E-state index in [9.17, 15) is 14.0 Å². The van der Waals surface area contributed by atoms with E-state index < -0.39 is 0 Å². The van der Waals surface area contributed by atoms with Crippen LogP contribution in [0.3, 0.4) is 0 Å². The number of fused-ring (bicyclic) bond motifs is 3. The van der Waals surface area contributed by atoms with Gasteiger partial charge in [0.15, 0.2) is 5.78 Å². The van der Waals surface area contributed by atoms with E-state index in [1.807, 2.05) is 12.1 Å². The molecule has 2 aromatic carbocycles. The predicted molar refractivity (Wildman–Crippen MR) is 132 cm³/mol. The van der Waals surface area contributed by atoms with Crippen LogP contribution in [-0.4, -0.2) is 42.4 Å². The number of piperidine rings is 2. The lowest BCUT2D eigenvalue weighted by molar-refractivity contribution is 0.000976. The quantitative estimate of drug-likeness (QED) is 0.403. The molecule has 0 radical (unpaired) electrons. The second-order valence-corrected chi connectivity index (χ2v) is 9.20. The number of anilines is 1. The van der Waals surface area contributed by atoms with Gasteiger partial charge in [-0.1, -0.05) is 24.3 Å². The van der Waals surface area contributed by atoms with Gasteiger partial charge >= 0.3 is 6.03 Å². The van der Waals surface area contributed by atoms with Gasteiger partial charge in [-0.25, -0.2) is 9.18 Å². The van der Waals surface area contributed by atoms with Crippen LogP contribution in [-0.2, 0) is 6.42 Å². The Balaban J connectivity index is 0.00000306. The molecule has 2 aromatic rings. The minimum absolute atomic E-state index is 0. The van der Waals surface area contributed by atoms with Crippen LogP contribution in [0.15, 0.2) is 48.5 Å². The normalized spacial score (nSPS) is 21.8. The summed E-state index contributed by atoms with van der Waals surface area (Å²) in [6, 6.07) is 14.2. The third-order valence-electron chi connectivity index (χ3n) is 6.86. The molecule has 2 N–H and O–H groups in total. The molecule has 0 aromatic heterocycles. The number of carbonyl (C=O) groups excluding carboxylic acids is 2. The zero-order chi connectivity index (χ0) is 22.5. The summed E-state index contributed by atoms with van der Waals surface area (Å²) >= 11 is 0. The molecule has 2 aliphatic heterocycles. The van der Waals surface area contributed by atoms with Crippen molar-refractivity contribution in [1.82, 2.24) is 10.2 Å². The number of ketones is 1. The first-order valence-electron chi connectivity index (χ1n) is 11.6. The lowest BCUT2D eigenvalue weighted by Crippen LogP contribution is -2.54. The number of amides is 2. The Morgan fingerprint density at radius 3 is 2.64 bits per heavy atom. The first-order valence-corrected chi connectivity index (χ1v) is 11.6. The second-order valence-electron chi connectivity index (χ2n) is 9.20. The molecule has 2 heterocycles. The van der Waals surface area contributed by atoms with Gasteiger partial charge < -0.3 is 10.6 Å². The standard InChI is InChI=1S/C26H32FN3O2.ClH/c1-18(31)21-4-2-5-24(16-21)29-26(32)28-12-3-13-30-17-20-8-11-25(30)22(15-20)14-19-6-9-23(27)10-7-19;/h2,4-7,9-10,16,20,22,25H,3,8,11-15,17H2,1H3,(H2,28,29,32);1H/t20-,22-,25-;/m0./s1. The number of halogens is 2. The van der Waals surface area contributed by atoms with Crippen molar-refractivity contribution in [1.29, 1.82) is 0 Å². The number of carbonyl (C=O) groups is 2. The minimum Gasteiger partial charge on any atom is -0.338 e. The molecule has 3 aliphatic rings. The van der Waals surface area contributed by atoms with E-state index in [4.69, 9.17) is 0 Å². The fourth-order valence-electron chi connectivity index (χ4n) is 5.33. The maximum absolute atomic E-state index is 13.2. The second kappa shape index (κ2) is 11.6. The van der Waals surface area contributed by atoms with Crippen LogP contribution in [0.25, 0.3) is 0 Å². The molecule has 0 unspecified atom stereocenters. The first-order chi connectivity index (χ1) is 15.5. The number of urea groups is 1. The highest BCUT2D eigenvalue weighted by atomic mass is 35.5. The molecule has 5 rings (SSSR count). The van der Waals surface area contributed by atoms with E-state index in [1.54, 1.807) is 36.4 Å². The Morgan fingerprint density at radius 2 is 1.91 bits per heavy atom. The molecule has 5 nitrogen and oxygen atoms in total. The molecule has 2 saturated heterocycles. The lowest BCUT2D eigenvalue weighted by atomic mass is 9.70. The molecule has 0 spiro atoms. The molecule has 7 heteroatoms. The van der Waals surface area contributed by atoms with Crippen LogP contribution in [0.4, 0.5) is 14.9 Å². The van der Waals surface area contributed by atoms with Gasteiger partial charge in [0, 0.05) is 36.9 Å². The maximum Gasteiger partial charge on any atom is 0.319 e. The largest absolute Gasteiger partial charge is 0.338 e. The summed E-state index contributed by atoms with van der Waals surface area (Å²) in [5.74, 6) is 1.17. The van der Waals surface area contributed by atoms with Crippen molar-refractivity contribution in [3.05, 3.63) is 65.5 Å². The molecule has 178 valence electrons. The Hall–Kier alpha value is -2.44. The van der Waals surface area contributed by atoms with Crippen molar-refractivity contribution in [2.75, 3.05) is 25.0 Å². The Labute approximate surface area is 201 Å². The van der Waals surface area contributed by atoms with Crippen LogP contribution < -0.4 is 10.6 Å². The van der Waals surface area contributed by atoms with Gasteiger partial charge in [0.1, 0.15) is 5.82 Å². The van der Waals surface area contributed by atoms with Crippen molar-refractivity contribution >= 4 is 29.9 Å². The van der Waals surface area contributed by atoms with Crippen LogP contribution in [0.5, 0.6) is 0 Å². The van der Waals surface area contributed by atoms with Gasteiger partial charge in [-0.15, -0.1) is 12.4 Å². The summed E-state index contributed by atoms with van der Waals surface area (Å²) in [7, 11) is 0. The van der Waals surface area contributed by atoms with E-state index in [-0.39, 0.29) is 30.0 Å². The van der Waals surface area contributed by atoms with Gasteiger partial charge in [-0.2, -0.15) is 0 Å². The molecular weight excluding hydrogens is 441 g/mol. The van der Waals surface area contributed by atoms with Crippen LogP contribution in [0, 0.1) is 17.7 Å². The van der Waals surface area contributed by atoms with Gasteiger partial charge in [0.05, 0.1) is 0 Å². The van der Waals surface area contributed by atoms with Crippen molar-refractivity contribution in [2.45, 2.75) is 45.1 Å². The fourth-order valence-corrected chi connectivity index (χ4v) is 5.33. The zero-order valence-corrected chi connectivity index (χ0v) is 19.9. The van der Waals surface area contributed by atoms with E-state index >= 15 is 0 Å². The highest BCUT2D eigenvalue weighted by Gasteiger charge is 2.40. The first kappa shape index (κ1) is 25.2. The monoisotopic (exact) mass is 473 g/mol. The lowest BCUT2D eigenvalue weighted by Gasteiger charge is -2.50. The molecule has 2 amide bonds. The van der Waals surface area contributed by atoms with Crippen molar-refractivity contribution in [3.8, 4) is 0 Å². The van der Waals surface area contributed by atoms with E-state index in [0.717, 1.165) is 31.8 Å². The third kappa shape index (κ3) is 6.78. The van der Waals surface area contributed by atoms with Crippen LogP contribution >= 0.6 is 12.4 Å². The molecular formula is C26H33ClFN3O2. The van der Waals surface area contributed by atoms with Crippen LogP contribution in [0.1, 0.15) is 48.5 Å². The Kier molecular flexibility index (Phi) is 8.87. The van der Waals surface area contributed by atoms with Gasteiger partial charge in [-0.05, 0) is 80.7 Å². The summed E-state index contributed by atoms with van der Waals surface area (Å²) in [5, 5.41) is 5.72. The van der Waals surface area contributed by atoms with Crippen molar-refractivity contribution in [2.24, 2.45) is 11.8 Å². The molecule has 3 atom stereocenters. The van der Waals surface area contributed by atoms with E-state index in [1.165, 1.54) is 31.7 Å². The smallest absolute Gasteiger partial charge is 0.319 e. The highest BCUT2D eigenvalue weighted by molar-refractivity contribution is 5.96.